The number of benzene rings is 1. The molecular weight excluding hydrogens is 356 g/mol. The van der Waals surface area contributed by atoms with Gasteiger partial charge in [-0.25, -0.2) is 4.79 Å². The minimum atomic E-state index is -0.825. The zero-order chi connectivity index (χ0) is 20.7. The Bertz CT molecular complexity index is 931. The van der Waals surface area contributed by atoms with E-state index in [1.54, 1.807) is 37.4 Å². The maximum Gasteiger partial charge on any atom is 0.349 e. The number of carbonyl (C=O) groups is 2. The number of nitriles is 1. The topological polar surface area (TPSA) is 81.3 Å². The van der Waals surface area contributed by atoms with E-state index in [1.165, 1.54) is 6.08 Å². The Hall–Kier alpha value is -3.33. The van der Waals surface area contributed by atoms with Crippen molar-refractivity contribution < 1.29 is 19.1 Å². The number of methoxy groups -OCH3 is 1. The van der Waals surface area contributed by atoms with Gasteiger partial charge < -0.3 is 14.0 Å². The summed E-state index contributed by atoms with van der Waals surface area (Å²) in [6.45, 7) is 6.31. The van der Waals surface area contributed by atoms with Crippen molar-refractivity contribution in [3.8, 4) is 11.8 Å². The van der Waals surface area contributed by atoms with Gasteiger partial charge in [0.25, 0.3) is 0 Å². The van der Waals surface area contributed by atoms with E-state index in [2.05, 4.69) is 11.5 Å². The number of aromatic nitrogens is 1. The van der Waals surface area contributed by atoms with Crippen molar-refractivity contribution in [3.05, 3.63) is 58.4 Å². The lowest BCUT2D eigenvalue weighted by molar-refractivity contribution is -0.137. The van der Waals surface area contributed by atoms with Crippen molar-refractivity contribution in [1.82, 2.24) is 4.57 Å². The molecule has 0 unspecified atom stereocenters. The van der Waals surface area contributed by atoms with E-state index >= 15 is 0 Å². The average molecular weight is 380 g/mol. The molecule has 0 radical (unpaired) electrons. The van der Waals surface area contributed by atoms with Crippen LogP contribution in [-0.4, -0.2) is 30.0 Å². The molecule has 2 aromatic rings. The van der Waals surface area contributed by atoms with Crippen LogP contribution in [0.1, 0.15) is 40.7 Å². The molecule has 0 aliphatic heterocycles. The minimum Gasteiger partial charge on any atom is -0.497 e. The van der Waals surface area contributed by atoms with Crippen LogP contribution in [0.4, 0.5) is 0 Å². The largest absolute Gasteiger partial charge is 0.497 e. The maximum absolute atomic E-state index is 12.5. The smallest absolute Gasteiger partial charge is 0.349 e. The predicted octanol–water partition coefficient (Wildman–Crippen LogP) is 3.86. The van der Waals surface area contributed by atoms with Crippen molar-refractivity contribution in [2.24, 2.45) is 0 Å². The lowest BCUT2D eigenvalue weighted by Crippen LogP contribution is -2.16. The third kappa shape index (κ3) is 4.89. The number of aryl methyl sites for hydroxylation is 1. The third-order valence-corrected chi connectivity index (χ3v) is 4.42. The molecular formula is C22H24N2O4. The number of esters is 1. The van der Waals surface area contributed by atoms with Crippen LogP contribution in [0.3, 0.4) is 0 Å². The van der Waals surface area contributed by atoms with Gasteiger partial charge in [0.05, 0.1) is 7.11 Å². The van der Waals surface area contributed by atoms with Crippen molar-refractivity contribution in [3.63, 3.8) is 0 Å². The van der Waals surface area contributed by atoms with Gasteiger partial charge in [0.1, 0.15) is 17.4 Å². The summed E-state index contributed by atoms with van der Waals surface area (Å²) in [5, 5.41) is 9.25. The Labute approximate surface area is 165 Å². The van der Waals surface area contributed by atoms with E-state index in [4.69, 9.17) is 9.47 Å². The van der Waals surface area contributed by atoms with Crippen LogP contribution >= 0.6 is 0 Å². The summed E-state index contributed by atoms with van der Waals surface area (Å²) < 4.78 is 12.2. The van der Waals surface area contributed by atoms with Crippen LogP contribution in [0.15, 0.2) is 35.9 Å². The molecule has 1 aromatic heterocycles. The van der Waals surface area contributed by atoms with Crippen molar-refractivity contribution in [2.75, 3.05) is 13.7 Å². The first-order valence-corrected chi connectivity index (χ1v) is 9.04. The number of rotatable bonds is 8. The molecule has 0 spiro atoms. The number of hydrogen-bond donors (Lipinski definition) is 0. The van der Waals surface area contributed by atoms with Crippen LogP contribution < -0.4 is 4.74 Å². The highest BCUT2D eigenvalue weighted by atomic mass is 16.5. The number of ether oxygens (including phenoxy) is 2. The molecule has 0 amide bonds. The second-order valence-corrected chi connectivity index (χ2v) is 6.38. The highest BCUT2D eigenvalue weighted by Crippen LogP contribution is 2.17. The van der Waals surface area contributed by atoms with E-state index in [0.29, 0.717) is 16.9 Å². The summed E-state index contributed by atoms with van der Waals surface area (Å²) in [4.78, 5) is 24.7. The maximum atomic E-state index is 12.5. The Kier molecular flexibility index (Phi) is 7.16. The first-order valence-electron chi connectivity index (χ1n) is 9.04. The Morgan fingerprint density at radius 1 is 1.21 bits per heavy atom. The van der Waals surface area contributed by atoms with Gasteiger partial charge in [0.15, 0.2) is 6.61 Å². The fourth-order valence-electron chi connectivity index (χ4n) is 2.94. The molecule has 6 heteroatoms. The summed E-state index contributed by atoms with van der Waals surface area (Å²) >= 11 is 0. The second-order valence-electron chi connectivity index (χ2n) is 6.38. The lowest BCUT2D eigenvalue weighted by atomic mass is 10.1. The van der Waals surface area contributed by atoms with E-state index in [-0.39, 0.29) is 11.4 Å². The summed E-state index contributed by atoms with van der Waals surface area (Å²) in [5.41, 5.74) is 2.87. The Balaban J connectivity index is 2.07. The van der Waals surface area contributed by atoms with E-state index in [1.807, 2.05) is 19.9 Å². The molecule has 2 rings (SSSR count). The van der Waals surface area contributed by atoms with Gasteiger partial charge in [-0.2, -0.15) is 5.26 Å². The molecule has 0 saturated carbocycles. The van der Waals surface area contributed by atoms with E-state index < -0.39 is 12.6 Å². The average Bonchev–Trinajstić information content (AvgIpc) is 2.99. The monoisotopic (exact) mass is 380 g/mol. The normalized spacial score (nSPS) is 11.0. The van der Waals surface area contributed by atoms with Crippen molar-refractivity contribution >= 4 is 17.8 Å². The number of ketones is 1. The number of hydrogen-bond acceptors (Lipinski definition) is 5. The van der Waals surface area contributed by atoms with Crippen LogP contribution in [0.5, 0.6) is 5.75 Å². The summed E-state index contributed by atoms with van der Waals surface area (Å²) in [6, 6.07) is 10.5. The molecule has 6 nitrogen and oxygen atoms in total. The zero-order valence-corrected chi connectivity index (χ0v) is 16.6. The van der Waals surface area contributed by atoms with Gasteiger partial charge in [-0.3, -0.25) is 4.79 Å². The van der Waals surface area contributed by atoms with Crippen LogP contribution in [-0.2, 0) is 16.1 Å². The zero-order valence-electron chi connectivity index (χ0n) is 16.6. The fourth-order valence-corrected chi connectivity index (χ4v) is 2.94. The van der Waals surface area contributed by atoms with Crippen molar-refractivity contribution in [2.45, 2.75) is 33.7 Å². The minimum absolute atomic E-state index is 0.172. The van der Waals surface area contributed by atoms with Crippen molar-refractivity contribution in [1.29, 1.82) is 5.26 Å². The van der Waals surface area contributed by atoms with Crippen LogP contribution in [0, 0.1) is 25.2 Å². The second kappa shape index (κ2) is 9.56. The summed E-state index contributed by atoms with van der Waals surface area (Å²) in [7, 11) is 1.56. The summed E-state index contributed by atoms with van der Waals surface area (Å²) in [5.74, 6) is -0.441. The quantitative estimate of drug-likeness (QED) is 0.301. The first kappa shape index (κ1) is 21.0. The molecule has 0 fully saturated rings. The van der Waals surface area contributed by atoms with Gasteiger partial charge in [-0.15, -0.1) is 0 Å². The first-order chi connectivity index (χ1) is 13.4. The van der Waals surface area contributed by atoms with Gasteiger partial charge >= 0.3 is 5.97 Å². The Morgan fingerprint density at radius 3 is 2.46 bits per heavy atom. The summed E-state index contributed by atoms with van der Waals surface area (Å²) in [6.07, 6.45) is 2.38. The molecule has 0 saturated heterocycles. The number of carbonyl (C=O) groups excluding carboxylic acids is 2. The van der Waals surface area contributed by atoms with E-state index in [9.17, 15) is 14.9 Å². The van der Waals surface area contributed by atoms with Gasteiger partial charge in [0, 0.05) is 23.5 Å². The fraction of sp³-hybridized carbons (Fsp3) is 0.318. The highest BCUT2D eigenvalue weighted by Gasteiger charge is 2.18. The molecule has 1 heterocycles. The molecule has 1 aromatic carbocycles. The molecule has 0 atom stereocenters. The van der Waals surface area contributed by atoms with Crippen LogP contribution in [0.25, 0.3) is 6.08 Å². The van der Waals surface area contributed by atoms with Gasteiger partial charge in [-0.1, -0.05) is 19.1 Å². The third-order valence-electron chi connectivity index (χ3n) is 4.42. The predicted molar refractivity (Wildman–Crippen MR) is 106 cm³/mol. The highest BCUT2D eigenvalue weighted by molar-refractivity contribution is 6.02. The SMILES string of the molecule is CCCn1c(C)cc(C(=O)COC(=O)C(C#N)=Cc2ccc(OC)cc2)c1C. The van der Waals surface area contributed by atoms with Gasteiger partial charge in [-0.05, 0) is 50.1 Å². The number of nitrogens with zero attached hydrogens (tertiary/aromatic N) is 2. The number of Topliss-reactive ketones (excluding diaryl/α,β-unsaturated/α-hetero) is 1. The molecule has 0 bridgehead atoms. The molecule has 28 heavy (non-hydrogen) atoms. The molecule has 0 N–H and O–H groups in total. The van der Waals surface area contributed by atoms with E-state index in [0.717, 1.165) is 24.4 Å². The molecule has 146 valence electrons. The van der Waals surface area contributed by atoms with Crippen LogP contribution in [0.2, 0.25) is 0 Å². The standard InChI is InChI=1S/C22H24N2O4/c1-5-10-24-15(2)11-20(16(24)3)21(25)14-28-22(26)18(13-23)12-17-6-8-19(27-4)9-7-17/h6-9,11-12H,5,10,14H2,1-4H3. The molecule has 0 aliphatic carbocycles. The Morgan fingerprint density at radius 2 is 1.89 bits per heavy atom. The van der Waals surface area contributed by atoms with Gasteiger partial charge in [0.2, 0.25) is 5.78 Å². The molecule has 0 aliphatic rings. The lowest BCUT2D eigenvalue weighted by Gasteiger charge is -2.08.